The molecule has 0 radical (unpaired) electrons. The molecule has 0 aliphatic heterocycles. The van der Waals surface area contributed by atoms with Crippen LogP contribution in [0.1, 0.15) is 23.6 Å². The standard InChI is InChI=1S/C26H23BrN2O3/c1-3-18-9-11-22(12-10-18)29-26(30)21(16-28)13-20-14-24(31-2)25(15-23(20)27)32-17-19-7-5-4-6-8-19/h4-15H,3,17H2,1-2H3,(H,29,30)/b21-13+. The predicted octanol–water partition coefficient (Wildman–Crippen LogP) is 6.14. The summed E-state index contributed by atoms with van der Waals surface area (Å²) in [6.07, 6.45) is 2.43. The lowest BCUT2D eigenvalue weighted by Crippen LogP contribution is -2.13. The van der Waals surface area contributed by atoms with Gasteiger partial charge in [0.1, 0.15) is 18.2 Å². The van der Waals surface area contributed by atoms with Gasteiger partial charge in [-0.25, -0.2) is 0 Å². The van der Waals surface area contributed by atoms with Crippen LogP contribution in [0.4, 0.5) is 5.69 Å². The number of nitriles is 1. The molecule has 0 bridgehead atoms. The van der Waals surface area contributed by atoms with Gasteiger partial charge >= 0.3 is 0 Å². The Kier molecular flexibility index (Phi) is 8.07. The molecule has 3 aromatic carbocycles. The highest BCUT2D eigenvalue weighted by Gasteiger charge is 2.14. The highest BCUT2D eigenvalue weighted by molar-refractivity contribution is 9.10. The third-order valence-corrected chi connectivity index (χ3v) is 5.49. The minimum absolute atomic E-state index is 0.0229. The zero-order valence-electron chi connectivity index (χ0n) is 17.9. The summed E-state index contributed by atoms with van der Waals surface area (Å²) >= 11 is 3.51. The van der Waals surface area contributed by atoms with Crippen LogP contribution in [0.2, 0.25) is 0 Å². The number of aryl methyl sites for hydroxylation is 1. The molecule has 3 rings (SSSR count). The first-order valence-electron chi connectivity index (χ1n) is 10.1. The number of benzene rings is 3. The average Bonchev–Trinajstić information content (AvgIpc) is 2.83. The summed E-state index contributed by atoms with van der Waals surface area (Å²) in [7, 11) is 1.55. The maximum Gasteiger partial charge on any atom is 0.266 e. The summed E-state index contributed by atoms with van der Waals surface area (Å²) in [5, 5.41) is 12.3. The summed E-state index contributed by atoms with van der Waals surface area (Å²) in [5.74, 6) is 0.578. The Morgan fingerprint density at radius 2 is 1.78 bits per heavy atom. The number of ether oxygens (including phenoxy) is 2. The Balaban J connectivity index is 1.80. The van der Waals surface area contributed by atoms with Crippen molar-refractivity contribution in [2.75, 3.05) is 12.4 Å². The Labute approximate surface area is 196 Å². The third-order valence-electron chi connectivity index (χ3n) is 4.81. The molecule has 0 spiro atoms. The van der Waals surface area contributed by atoms with E-state index in [0.717, 1.165) is 12.0 Å². The molecule has 1 N–H and O–H groups in total. The van der Waals surface area contributed by atoms with Crippen molar-refractivity contribution in [2.24, 2.45) is 0 Å². The van der Waals surface area contributed by atoms with Crippen molar-refractivity contribution < 1.29 is 14.3 Å². The molecule has 0 saturated carbocycles. The van der Waals surface area contributed by atoms with Crippen molar-refractivity contribution in [3.05, 3.63) is 93.5 Å². The average molecular weight is 491 g/mol. The number of carbonyl (C=O) groups is 1. The lowest BCUT2D eigenvalue weighted by atomic mass is 10.1. The Bertz CT molecular complexity index is 1150. The normalized spacial score (nSPS) is 10.9. The van der Waals surface area contributed by atoms with Crippen molar-refractivity contribution in [1.82, 2.24) is 0 Å². The van der Waals surface area contributed by atoms with Gasteiger partial charge in [0.2, 0.25) is 0 Å². The lowest BCUT2D eigenvalue weighted by Gasteiger charge is -2.13. The number of rotatable bonds is 8. The second kappa shape index (κ2) is 11.2. The number of hydrogen-bond donors (Lipinski definition) is 1. The number of carbonyl (C=O) groups excluding carboxylic acids is 1. The molecule has 0 fully saturated rings. The number of methoxy groups -OCH3 is 1. The van der Waals surface area contributed by atoms with Crippen LogP contribution in [-0.2, 0) is 17.8 Å². The third kappa shape index (κ3) is 5.99. The van der Waals surface area contributed by atoms with Gasteiger partial charge in [0.15, 0.2) is 11.5 Å². The van der Waals surface area contributed by atoms with Crippen molar-refractivity contribution in [3.8, 4) is 17.6 Å². The minimum atomic E-state index is -0.480. The van der Waals surface area contributed by atoms with Crippen LogP contribution in [0, 0.1) is 11.3 Å². The van der Waals surface area contributed by atoms with Gasteiger partial charge in [-0.3, -0.25) is 4.79 Å². The molecular formula is C26H23BrN2O3. The molecule has 0 unspecified atom stereocenters. The number of anilines is 1. The van der Waals surface area contributed by atoms with Crippen molar-refractivity contribution in [2.45, 2.75) is 20.0 Å². The molecule has 0 aliphatic carbocycles. The summed E-state index contributed by atoms with van der Waals surface area (Å²) in [6, 6.07) is 22.8. The summed E-state index contributed by atoms with van der Waals surface area (Å²) in [4.78, 5) is 12.6. The fourth-order valence-electron chi connectivity index (χ4n) is 3.00. The van der Waals surface area contributed by atoms with Gasteiger partial charge < -0.3 is 14.8 Å². The number of nitrogens with zero attached hydrogens (tertiary/aromatic N) is 1. The van der Waals surface area contributed by atoms with E-state index in [1.54, 1.807) is 19.2 Å². The molecule has 0 atom stereocenters. The van der Waals surface area contributed by atoms with E-state index < -0.39 is 5.91 Å². The summed E-state index contributed by atoms with van der Waals surface area (Å²) < 4.78 is 12.0. The molecule has 0 saturated heterocycles. The zero-order valence-corrected chi connectivity index (χ0v) is 19.5. The van der Waals surface area contributed by atoms with Crippen molar-refractivity contribution in [1.29, 1.82) is 5.26 Å². The van der Waals surface area contributed by atoms with Gasteiger partial charge in [-0.1, -0.05) is 65.3 Å². The molecule has 0 aromatic heterocycles. The number of nitrogens with one attached hydrogen (secondary N) is 1. The largest absolute Gasteiger partial charge is 0.493 e. The van der Waals surface area contributed by atoms with E-state index in [1.165, 1.54) is 11.6 Å². The quantitative estimate of drug-likeness (QED) is 0.303. The SMILES string of the molecule is CCc1ccc(NC(=O)/C(C#N)=C/c2cc(OC)c(OCc3ccccc3)cc2Br)cc1. The molecule has 32 heavy (non-hydrogen) atoms. The van der Waals surface area contributed by atoms with Crippen LogP contribution < -0.4 is 14.8 Å². The van der Waals surface area contributed by atoms with E-state index in [4.69, 9.17) is 9.47 Å². The Morgan fingerprint density at radius 1 is 1.06 bits per heavy atom. The lowest BCUT2D eigenvalue weighted by molar-refractivity contribution is -0.112. The molecule has 6 heteroatoms. The molecule has 0 aliphatic rings. The van der Waals surface area contributed by atoms with E-state index in [9.17, 15) is 10.1 Å². The van der Waals surface area contributed by atoms with Gasteiger partial charge in [0.05, 0.1) is 7.11 Å². The van der Waals surface area contributed by atoms with Crippen LogP contribution in [0.15, 0.2) is 76.8 Å². The second-order valence-electron chi connectivity index (χ2n) is 6.97. The first-order valence-corrected chi connectivity index (χ1v) is 10.9. The van der Waals surface area contributed by atoms with Crippen LogP contribution in [0.5, 0.6) is 11.5 Å². The van der Waals surface area contributed by atoms with Gasteiger partial charge in [-0.2, -0.15) is 5.26 Å². The van der Waals surface area contributed by atoms with Gasteiger partial charge in [0.25, 0.3) is 5.91 Å². The smallest absolute Gasteiger partial charge is 0.266 e. The minimum Gasteiger partial charge on any atom is -0.493 e. The van der Waals surface area contributed by atoms with Crippen molar-refractivity contribution in [3.63, 3.8) is 0 Å². The maximum atomic E-state index is 12.6. The topological polar surface area (TPSA) is 71.4 Å². The zero-order chi connectivity index (χ0) is 22.9. The van der Waals surface area contributed by atoms with Gasteiger partial charge in [-0.15, -0.1) is 0 Å². The molecule has 5 nitrogen and oxygen atoms in total. The molecule has 0 heterocycles. The highest BCUT2D eigenvalue weighted by Crippen LogP contribution is 2.35. The first-order chi connectivity index (χ1) is 15.5. The van der Waals surface area contributed by atoms with E-state index in [0.29, 0.717) is 33.8 Å². The van der Waals surface area contributed by atoms with E-state index in [1.807, 2.05) is 60.7 Å². The van der Waals surface area contributed by atoms with E-state index in [2.05, 4.69) is 28.2 Å². The summed E-state index contributed by atoms with van der Waals surface area (Å²) in [5.41, 5.74) is 3.44. The fourth-order valence-corrected chi connectivity index (χ4v) is 3.43. The van der Waals surface area contributed by atoms with Crippen LogP contribution in [0.3, 0.4) is 0 Å². The monoisotopic (exact) mass is 490 g/mol. The second-order valence-corrected chi connectivity index (χ2v) is 7.83. The van der Waals surface area contributed by atoms with Crippen LogP contribution in [0.25, 0.3) is 6.08 Å². The van der Waals surface area contributed by atoms with E-state index in [-0.39, 0.29) is 5.57 Å². The Morgan fingerprint density at radius 3 is 2.41 bits per heavy atom. The van der Waals surface area contributed by atoms with Crippen LogP contribution >= 0.6 is 15.9 Å². The Hall–Kier alpha value is -3.56. The van der Waals surface area contributed by atoms with Gasteiger partial charge in [0, 0.05) is 10.2 Å². The molecule has 3 aromatic rings. The number of hydrogen-bond acceptors (Lipinski definition) is 4. The molecular weight excluding hydrogens is 468 g/mol. The maximum absolute atomic E-state index is 12.6. The fraction of sp³-hybridized carbons (Fsp3) is 0.154. The van der Waals surface area contributed by atoms with Crippen LogP contribution in [-0.4, -0.2) is 13.0 Å². The molecule has 162 valence electrons. The van der Waals surface area contributed by atoms with Crippen molar-refractivity contribution >= 4 is 33.6 Å². The molecule has 1 amide bonds. The summed E-state index contributed by atoms with van der Waals surface area (Å²) in [6.45, 7) is 2.45. The van der Waals surface area contributed by atoms with E-state index >= 15 is 0 Å². The first kappa shape index (κ1) is 23.1. The highest BCUT2D eigenvalue weighted by atomic mass is 79.9. The number of halogens is 1. The van der Waals surface area contributed by atoms with Gasteiger partial charge in [-0.05, 0) is 53.5 Å². The predicted molar refractivity (Wildman–Crippen MR) is 130 cm³/mol. The number of amides is 1.